The average molecular weight is 634 g/mol. The smallest absolute Gasteiger partial charge is 0.0476 e. The van der Waals surface area contributed by atoms with E-state index in [1.54, 1.807) is 0 Å². The van der Waals surface area contributed by atoms with Gasteiger partial charge in [-0.05, 0) is 81.2 Å². The number of rotatable bonds is 4. The van der Waals surface area contributed by atoms with Gasteiger partial charge in [-0.15, -0.1) is 22.7 Å². The highest BCUT2D eigenvalue weighted by atomic mass is 32.1. The molecule has 0 atom stereocenters. The maximum Gasteiger partial charge on any atom is 0.0476 e. The number of nitrogens with zero attached hydrogens (tertiary/aromatic N) is 1. The molecule has 0 bridgehead atoms. The molecule has 0 unspecified atom stereocenters. The van der Waals surface area contributed by atoms with E-state index >= 15 is 0 Å². The first-order valence-electron chi connectivity index (χ1n) is 15.9. The molecule has 0 aliphatic carbocycles. The Balaban J connectivity index is 1.16. The minimum Gasteiger partial charge on any atom is -0.310 e. The van der Waals surface area contributed by atoms with Crippen molar-refractivity contribution in [2.24, 2.45) is 0 Å². The molecule has 0 amide bonds. The van der Waals surface area contributed by atoms with Gasteiger partial charge in [-0.2, -0.15) is 0 Å². The van der Waals surface area contributed by atoms with Crippen LogP contribution in [0, 0.1) is 0 Å². The van der Waals surface area contributed by atoms with Crippen molar-refractivity contribution in [1.29, 1.82) is 0 Å². The highest BCUT2D eigenvalue weighted by Gasteiger charge is 2.17. The molecular formula is C44H27NS2. The van der Waals surface area contributed by atoms with Gasteiger partial charge in [0.15, 0.2) is 0 Å². The van der Waals surface area contributed by atoms with Gasteiger partial charge in [0.25, 0.3) is 0 Å². The van der Waals surface area contributed by atoms with Crippen molar-refractivity contribution in [3.8, 4) is 11.1 Å². The fraction of sp³-hybridized carbons (Fsp3) is 0. The Kier molecular flexibility index (Phi) is 5.98. The summed E-state index contributed by atoms with van der Waals surface area (Å²) in [6, 6.07) is 60.2. The van der Waals surface area contributed by atoms with Gasteiger partial charge in [-0.3, -0.25) is 0 Å². The molecular weight excluding hydrogens is 607 g/mol. The Bertz CT molecular complexity index is 2800. The van der Waals surface area contributed by atoms with Crippen molar-refractivity contribution in [3.63, 3.8) is 0 Å². The number of benzene rings is 8. The second-order valence-corrected chi connectivity index (χ2v) is 14.3. The zero-order valence-corrected chi connectivity index (χ0v) is 27.0. The number of anilines is 3. The maximum atomic E-state index is 2.42. The highest BCUT2D eigenvalue weighted by Crippen LogP contribution is 2.44. The lowest BCUT2D eigenvalue weighted by Crippen LogP contribution is -2.09. The van der Waals surface area contributed by atoms with Crippen molar-refractivity contribution >= 4 is 102 Å². The van der Waals surface area contributed by atoms with Crippen molar-refractivity contribution in [2.45, 2.75) is 0 Å². The van der Waals surface area contributed by atoms with Crippen molar-refractivity contribution < 1.29 is 0 Å². The lowest BCUT2D eigenvalue weighted by molar-refractivity contribution is 1.30. The molecule has 8 aromatic carbocycles. The number of hydrogen-bond acceptors (Lipinski definition) is 3. The van der Waals surface area contributed by atoms with Gasteiger partial charge in [0.05, 0.1) is 0 Å². The van der Waals surface area contributed by atoms with Crippen LogP contribution in [0.4, 0.5) is 17.1 Å². The second-order valence-electron chi connectivity index (χ2n) is 12.1. The number of hydrogen-bond donors (Lipinski definition) is 0. The van der Waals surface area contributed by atoms with Crippen LogP contribution >= 0.6 is 22.7 Å². The predicted octanol–water partition coefficient (Wildman–Crippen LogP) is 13.9. The SMILES string of the molecule is c1ccc2c(-c3ccc(N(c4ccc5c(c4)sc4ccccc45)c4ccc5sc6c7ccccc7ccc6c5c4)cc3)cccc2c1. The monoisotopic (exact) mass is 633 g/mol. The summed E-state index contributed by atoms with van der Waals surface area (Å²) < 4.78 is 5.29. The summed E-state index contributed by atoms with van der Waals surface area (Å²) in [5.74, 6) is 0. The summed E-state index contributed by atoms with van der Waals surface area (Å²) in [6.07, 6.45) is 0. The summed E-state index contributed by atoms with van der Waals surface area (Å²) in [7, 11) is 0. The van der Waals surface area contributed by atoms with E-state index in [2.05, 4.69) is 169 Å². The summed E-state index contributed by atoms with van der Waals surface area (Å²) >= 11 is 3.76. The zero-order chi connectivity index (χ0) is 30.9. The molecule has 3 heteroatoms. The van der Waals surface area contributed by atoms with E-state index in [9.17, 15) is 0 Å². The quantitative estimate of drug-likeness (QED) is 0.186. The molecule has 0 fully saturated rings. The van der Waals surface area contributed by atoms with Crippen molar-refractivity contribution in [3.05, 3.63) is 164 Å². The normalized spacial score (nSPS) is 11.8. The molecule has 0 radical (unpaired) electrons. The van der Waals surface area contributed by atoms with Crippen LogP contribution < -0.4 is 4.90 Å². The molecule has 1 nitrogen and oxygen atoms in total. The van der Waals surface area contributed by atoms with Gasteiger partial charge >= 0.3 is 0 Å². The fourth-order valence-corrected chi connectivity index (χ4v) is 9.56. The van der Waals surface area contributed by atoms with Crippen LogP contribution in [-0.2, 0) is 0 Å². The van der Waals surface area contributed by atoms with Crippen LogP contribution in [0.25, 0.3) is 73.0 Å². The third-order valence-corrected chi connectivity index (χ3v) is 11.8. The van der Waals surface area contributed by atoms with Crippen LogP contribution in [-0.4, -0.2) is 0 Å². The van der Waals surface area contributed by atoms with Gasteiger partial charge in [-0.1, -0.05) is 115 Å². The fourth-order valence-electron chi connectivity index (χ4n) is 7.20. The lowest BCUT2D eigenvalue weighted by Gasteiger charge is -2.26. The van der Waals surface area contributed by atoms with E-state index in [0.29, 0.717) is 0 Å². The largest absolute Gasteiger partial charge is 0.310 e. The third-order valence-electron chi connectivity index (χ3n) is 9.45. The standard InChI is InChI=1S/C44H27NS2/c1-3-11-34-28(8-1)10-7-14-35(34)30-16-19-31(20-17-30)45(33-21-24-38-37-13-5-6-15-41(37)46-43(38)27-33)32-22-25-42-40(26-32)39-23-18-29-9-2-4-12-36(29)44(39)47-42/h1-27H. The Hall–Kier alpha value is -5.48. The molecule has 47 heavy (non-hydrogen) atoms. The first kappa shape index (κ1) is 26.7. The minimum absolute atomic E-state index is 1.14. The zero-order valence-electron chi connectivity index (χ0n) is 25.4. The molecule has 2 aromatic heterocycles. The number of thiophene rings is 2. The summed E-state index contributed by atoms with van der Waals surface area (Å²) in [5, 5.41) is 10.4. The minimum atomic E-state index is 1.14. The Morgan fingerprint density at radius 1 is 0.340 bits per heavy atom. The van der Waals surface area contributed by atoms with E-state index in [1.165, 1.54) is 73.0 Å². The van der Waals surface area contributed by atoms with Gasteiger partial charge in [0.2, 0.25) is 0 Å². The Morgan fingerprint density at radius 2 is 0.957 bits per heavy atom. The van der Waals surface area contributed by atoms with Crippen LogP contribution in [0.5, 0.6) is 0 Å². The first-order valence-corrected chi connectivity index (χ1v) is 17.6. The molecule has 0 aliphatic rings. The molecule has 0 saturated carbocycles. The van der Waals surface area contributed by atoms with E-state index < -0.39 is 0 Å². The van der Waals surface area contributed by atoms with Crippen LogP contribution in [0.15, 0.2) is 164 Å². The second kappa shape index (κ2) is 10.5. The molecule has 220 valence electrons. The summed E-state index contributed by atoms with van der Waals surface area (Å²) in [4.78, 5) is 2.42. The average Bonchev–Trinajstić information content (AvgIpc) is 3.70. The topological polar surface area (TPSA) is 3.24 Å². The summed E-state index contributed by atoms with van der Waals surface area (Å²) in [6.45, 7) is 0. The highest BCUT2D eigenvalue weighted by molar-refractivity contribution is 7.26. The van der Waals surface area contributed by atoms with Crippen molar-refractivity contribution in [1.82, 2.24) is 0 Å². The molecule has 0 aliphatic heterocycles. The molecule has 10 aromatic rings. The van der Waals surface area contributed by atoms with Gasteiger partial charge in [0, 0.05) is 57.4 Å². The lowest BCUT2D eigenvalue weighted by atomic mass is 9.98. The van der Waals surface area contributed by atoms with Crippen LogP contribution in [0.3, 0.4) is 0 Å². The van der Waals surface area contributed by atoms with Crippen molar-refractivity contribution in [2.75, 3.05) is 4.90 Å². The van der Waals surface area contributed by atoms with Gasteiger partial charge in [0.1, 0.15) is 0 Å². The molecule has 2 heterocycles. The third kappa shape index (κ3) is 4.28. The maximum absolute atomic E-state index is 2.42. The first-order chi connectivity index (χ1) is 23.3. The van der Waals surface area contributed by atoms with E-state index in [0.717, 1.165) is 17.1 Å². The summed E-state index contributed by atoms with van der Waals surface area (Å²) in [5.41, 5.74) is 5.93. The number of fused-ring (bicyclic) bond motifs is 9. The molecule has 0 saturated heterocycles. The van der Waals surface area contributed by atoms with E-state index in [1.807, 2.05) is 22.7 Å². The Morgan fingerprint density at radius 3 is 1.83 bits per heavy atom. The van der Waals surface area contributed by atoms with Gasteiger partial charge < -0.3 is 4.90 Å². The Labute approximate surface area is 280 Å². The molecule has 0 N–H and O–H groups in total. The molecule has 10 rings (SSSR count). The molecule has 0 spiro atoms. The van der Waals surface area contributed by atoms with Crippen LogP contribution in [0.1, 0.15) is 0 Å². The van der Waals surface area contributed by atoms with Crippen LogP contribution in [0.2, 0.25) is 0 Å². The predicted molar refractivity (Wildman–Crippen MR) is 207 cm³/mol. The van der Waals surface area contributed by atoms with E-state index in [4.69, 9.17) is 0 Å². The van der Waals surface area contributed by atoms with E-state index in [-0.39, 0.29) is 0 Å². The van der Waals surface area contributed by atoms with Gasteiger partial charge in [-0.25, -0.2) is 0 Å².